The third kappa shape index (κ3) is 3.20. The van der Waals surface area contributed by atoms with Crippen LogP contribution in [0.4, 0.5) is 0 Å². The molecule has 3 aromatic rings. The van der Waals surface area contributed by atoms with E-state index in [9.17, 15) is 4.79 Å². The van der Waals surface area contributed by atoms with Gasteiger partial charge < -0.3 is 4.74 Å². The predicted octanol–water partition coefficient (Wildman–Crippen LogP) is 2.11. The molecule has 0 radical (unpaired) electrons. The standard InChI is InChI=1S/C16H15N3O2/c20-16-7-1-2-10-19(16)14-5-3-6-15(13-14)21-12-11-18-9-4-8-17-18/h1-10,13H,11-12H2. The quantitative estimate of drug-likeness (QED) is 0.719. The highest BCUT2D eigenvalue weighted by Gasteiger charge is 2.01. The van der Waals surface area contributed by atoms with Gasteiger partial charge in [0.1, 0.15) is 12.4 Å². The molecule has 0 amide bonds. The van der Waals surface area contributed by atoms with E-state index in [1.165, 1.54) is 6.07 Å². The van der Waals surface area contributed by atoms with Crippen LogP contribution in [0.25, 0.3) is 5.69 Å². The lowest BCUT2D eigenvalue weighted by atomic mass is 10.3. The summed E-state index contributed by atoms with van der Waals surface area (Å²) in [5.41, 5.74) is 0.725. The number of ether oxygens (including phenoxy) is 1. The van der Waals surface area contributed by atoms with Crippen molar-refractivity contribution in [3.8, 4) is 11.4 Å². The van der Waals surface area contributed by atoms with Crippen LogP contribution in [0.3, 0.4) is 0 Å². The van der Waals surface area contributed by atoms with Crippen LogP contribution in [0, 0.1) is 0 Å². The maximum absolute atomic E-state index is 11.8. The number of rotatable bonds is 5. The predicted molar refractivity (Wildman–Crippen MR) is 79.8 cm³/mol. The van der Waals surface area contributed by atoms with Crippen LogP contribution >= 0.6 is 0 Å². The first-order chi connectivity index (χ1) is 10.3. The van der Waals surface area contributed by atoms with E-state index in [1.807, 2.05) is 47.3 Å². The molecule has 0 aliphatic carbocycles. The van der Waals surface area contributed by atoms with Crippen molar-refractivity contribution in [1.29, 1.82) is 0 Å². The second kappa shape index (κ2) is 6.09. The van der Waals surface area contributed by atoms with E-state index in [0.717, 1.165) is 11.4 Å². The van der Waals surface area contributed by atoms with Gasteiger partial charge in [0.05, 0.1) is 12.2 Å². The van der Waals surface area contributed by atoms with Crippen molar-refractivity contribution in [2.24, 2.45) is 0 Å². The van der Waals surface area contributed by atoms with Gasteiger partial charge in [-0.2, -0.15) is 5.10 Å². The maximum atomic E-state index is 11.8. The minimum atomic E-state index is -0.0637. The molecule has 0 bridgehead atoms. The Kier molecular flexibility index (Phi) is 3.82. The lowest BCUT2D eigenvalue weighted by molar-refractivity contribution is 0.291. The van der Waals surface area contributed by atoms with E-state index in [2.05, 4.69) is 5.10 Å². The van der Waals surface area contributed by atoms with Crippen molar-refractivity contribution >= 4 is 0 Å². The molecule has 0 unspecified atom stereocenters. The molecule has 3 rings (SSSR count). The molecule has 0 aliphatic rings. The summed E-state index contributed by atoms with van der Waals surface area (Å²) in [6, 6.07) is 14.4. The Bertz CT molecular complexity index is 763. The van der Waals surface area contributed by atoms with Crippen molar-refractivity contribution in [2.75, 3.05) is 6.61 Å². The molecule has 5 heteroatoms. The molecule has 0 spiro atoms. The van der Waals surface area contributed by atoms with Gasteiger partial charge in [-0.05, 0) is 24.3 Å². The number of hydrogen-bond acceptors (Lipinski definition) is 3. The van der Waals surface area contributed by atoms with Gasteiger partial charge in [-0.15, -0.1) is 0 Å². The Morgan fingerprint density at radius 1 is 1.05 bits per heavy atom. The van der Waals surface area contributed by atoms with E-state index < -0.39 is 0 Å². The average Bonchev–Trinajstić information content (AvgIpc) is 3.01. The molecule has 1 aromatic carbocycles. The van der Waals surface area contributed by atoms with Crippen molar-refractivity contribution in [3.05, 3.63) is 77.5 Å². The monoisotopic (exact) mass is 281 g/mol. The number of benzene rings is 1. The average molecular weight is 281 g/mol. The summed E-state index contributed by atoms with van der Waals surface area (Å²) in [4.78, 5) is 11.8. The molecule has 0 fully saturated rings. The summed E-state index contributed by atoms with van der Waals surface area (Å²) in [7, 11) is 0. The Labute approximate surface area is 122 Å². The van der Waals surface area contributed by atoms with Crippen LogP contribution in [0.5, 0.6) is 5.75 Å². The van der Waals surface area contributed by atoms with Crippen LogP contribution in [0.2, 0.25) is 0 Å². The van der Waals surface area contributed by atoms with Gasteiger partial charge in [0.2, 0.25) is 0 Å². The zero-order valence-corrected chi connectivity index (χ0v) is 11.4. The van der Waals surface area contributed by atoms with Crippen LogP contribution in [-0.4, -0.2) is 21.0 Å². The van der Waals surface area contributed by atoms with Crippen molar-refractivity contribution in [3.63, 3.8) is 0 Å². The van der Waals surface area contributed by atoms with E-state index in [0.29, 0.717) is 13.2 Å². The van der Waals surface area contributed by atoms with Gasteiger partial charge in [-0.25, -0.2) is 0 Å². The Morgan fingerprint density at radius 2 is 2.00 bits per heavy atom. The van der Waals surface area contributed by atoms with Crippen LogP contribution in [-0.2, 0) is 6.54 Å². The fraction of sp³-hybridized carbons (Fsp3) is 0.125. The first kappa shape index (κ1) is 13.2. The zero-order valence-electron chi connectivity index (χ0n) is 11.4. The smallest absolute Gasteiger partial charge is 0.255 e. The summed E-state index contributed by atoms with van der Waals surface area (Å²) in [5, 5.41) is 4.12. The van der Waals surface area contributed by atoms with Crippen LogP contribution < -0.4 is 10.3 Å². The number of nitrogens with zero attached hydrogens (tertiary/aromatic N) is 3. The van der Waals surface area contributed by atoms with Crippen LogP contribution in [0.1, 0.15) is 0 Å². The minimum absolute atomic E-state index is 0.0637. The topological polar surface area (TPSA) is 49.0 Å². The van der Waals surface area contributed by atoms with Crippen LogP contribution in [0.15, 0.2) is 71.9 Å². The van der Waals surface area contributed by atoms with Crippen molar-refractivity contribution < 1.29 is 4.74 Å². The molecule has 0 saturated carbocycles. The van der Waals surface area contributed by atoms with E-state index >= 15 is 0 Å². The first-order valence-corrected chi connectivity index (χ1v) is 6.71. The molecule has 106 valence electrons. The van der Waals surface area contributed by atoms with Gasteiger partial charge in [0.15, 0.2) is 0 Å². The normalized spacial score (nSPS) is 10.5. The fourth-order valence-corrected chi connectivity index (χ4v) is 2.05. The minimum Gasteiger partial charge on any atom is -0.492 e. The molecule has 0 atom stereocenters. The third-order valence-electron chi connectivity index (χ3n) is 3.07. The first-order valence-electron chi connectivity index (χ1n) is 6.71. The Balaban J connectivity index is 1.71. The molecule has 5 nitrogen and oxygen atoms in total. The molecule has 0 saturated heterocycles. The Hall–Kier alpha value is -2.82. The summed E-state index contributed by atoms with van der Waals surface area (Å²) in [5.74, 6) is 0.732. The third-order valence-corrected chi connectivity index (χ3v) is 3.07. The van der Waals surface area contributed by atoms with E-state index in [4.69, 9.17) is 4.74 Å². The molecule has 2 heterocycles. The summed E-state index contributed by atoms with van der Waals surface area (Å²) in [6.07, 6.45) is 5.37. The highest BCUT2D eigenvalue weighted by Crippen LogP contribution is 2.15. The van der Waals surface area contributed by atoms with Crippen molar-refractivity contribution in [2.45, 2.75) is 6.54 Å². The molecule has 0 N–H and O–H groups in total. The molecule has 21 heavy (non-hydrogen) atoms. The highest BCUT2D eigenvalue weighted by atomic mass is 16.5. The van der Waals surface area contributed by atoms with Gasteiger partial charge in [-0.3, -0.25) is 14.0 Å². The molecule has 2 aromatic heterocycles. The van der Waals surface area contributed by atoms with Gasteiger partial charge in [0.25, 0.3) is 5.56 Å². The van der Waals surface area contributed by atoms with Gasteiger partial charge in [-0.1, -0.05) is 12.1 Å². The lowest BCUT2D eigenvalue weighted by Crippen LogP contribution is -2.15. The summed E-state index contributed by atoms with van der Waals surface area (Å²) < 4.78 is 9.10. The SMILES string of the molecule is O=c1ccccn1-c1cccc(OCCn2cccn2)c1. The van der Waals surface area contributed by atoms with Gasteiger partial charge in [0, 0.05) is 30.7 Å². The zero-order chi connectivity index (χ0) is 14.5. The summed E-state index contributed by atoms with van der Waals surface area (Å²) in [6.45, 7) is 1.21. The molecular weight excluding hydrogens is 266 g/mol. The van der Waals surface area contributed by atoms with E-state index in [1.54, 1.807) is 23.0 Å². The second-order valence-corrected chi connectivity index (χ2v) is 4.52. The van der Waals surface area contributed by atoms with Gasteiger partial charge >= 0.3 is 0 Å². The lowest BCUT2D eigenvalue weighted by Gasteiger charge is -2.09. The Morgan fingerprint density at radius 3 is 2.81 bits per heavy atom. The number of pyridine rings is 1. The second-order valence-electron chi connectivity index (χ2n) is 4.52. The molecular formula is C16H15N3O2. The summed E-state index contributed by atoms with van der Waals surface area (Å²) >= 11 is 0. The highest BCUT2D eigenvalue weighted by molar-refractivity contribution is 5.39. The van der Waals surface area contributed by atoms with Crippen molar-refractivity contribution in [1.82, 2.24) is 14.3 Å². The number of hydrogen-bond donors (Lipinski definition) is 0. The largest absolute Gasteiger partial charge is 0.492 e. The maximum Gasteiger partial charge on any atom is 0.255 e. The number of aromatic nitrogens is 3. The fourth-order valence-electron chi connectivity index (χ4n) is 2.05. The molecule has 0 aliphatic heterocycles. The van der Waals surface area contributed by atoms with E-state index in [-0.39, 0.29) is 5.56 Å².